The number of carbonyl (C=O) groups excluding carboxylic acids is 2. The number of ether oxygens (including phenoxy) is 1. The van der Waals surface area contributed by atoms with Crippen molar-refractivity contribution in [3.05, 3.63) is 29.8 Å². The van der Waals surface area contributed by atoms with Gasteiger partial charge in [-0.15, -0.1) is 0 Å². The van der Waals surface area contributed by atoms with E-state index in [-0.39, 0.29) is 24.3 Å². The summed E-state index contributed by atoms with van der Waals surface area (Å²) in [6, 6.07) is 6.96. The molecule has 1 rings (SSSR count). The summed E-state index contributed by atoms with van der Waals surface area (Å²) in [5.41, 5.74) is 0.579. The molecule has 4 nitrogen and oxygen atoms in total. The van der Waals surface area contributed by atoms with Gasteiger partial charge in [0.2, 0.25) is 0 Å². The van der Waals surface area contributed by atoms with Gasteiger partial charge in [0, 0.05) is 11.6 Å². The number of ketones is 1. The molecule has 1 N–H and O–H groups in total. The molecule has 0 saturated heterocycles. The Hall–Kier alpha value is -1.84. The Bertz CT molecular complexity index is 429. The second kappa shape index (κ2) is 6.79. The number of hydrogen-bond donors (Lipinski definition) is 1. The van der Waals surface area contributed by atoms with E-state index in [2.05, 4.69) is 5.32 Å². The van der Waals surface area contributed by atoms with Gasteiger partial charge in [-0.05, 0) is 32.4 Å². The fourth-order valence-electron chi connectivity index (χ4n) is 1.37. The number of nitrogens with one attached hydrogen (secondary N) is 1. The lowest BCUT2D eigenvalue weighted by Crippen LogP contribution is -2.35. The highest BCUT2D eigenvalue weighted by atomic mass is 16.5. The van der Waals surface area contributed by atoms with Gasteiger partial charge in [0.15, 0.2) is 12.4 Å². The molecule has 18 heavy (non-hydrogen) atoms. The second-order valence-electron chi connectivity index (χ2n) is 4.25. The first-order valence-corrected chi connectivity index (χ1v) is 6.06. The third-order valence-corrected chi connectivity index (χ3v) is 2.63. The average molecular weight is 249 g/mol. The van der Waals surface area contributed by atoms with Crippen molar-refractivity contribution in [1.29, 1.82) is 0 Å². The first kappa shape index (κ1) is 14.2. The summed E-state index contributed by atoms with van der Waals surface area (Å²) >= 11 is 0. The Morgan fingerprint density at radius 2 is 2.11 bits per heavy atom. The summed E-state index contributed by atoms with van der Waals surface area (Å²) < 4.78 is 5.34. The zero-order chi connectivity index (χ0) is 13.5. The Kier molecular flexibility index (Phi) is 5.36. The zero-order valence-electron chi connectivity index (χ0n) is 11.0. The first-order valence-electron chi connectivity index (χ1n) is 6.06. The molecule has 1 aromatic rings. The van der Waals surface area contributed by atoms with Gasteiger partial charge in [0.05, 0.1) is 0 Å². The fraction of sp³-hybridized carbons (Fsp3) is 0.429. The number of benzene rings is 1. The molecule has 0 fully saturated rings. The van der Waals surface area contributed by atoms with Crippen molar-refractivity contribution in [2.75, 3.05) is 6.61 Å². The summed E-state index contributed by atoms with van der Waals surface area (Å²) in [6.07, 6.45) is 0.881. The molecule has 0 aliphatic rings. The molecule has 0 bridgehead atoms. The van der Waals surface area contributed by atoms with E-state index in [1.165, 1.54) is 6.92 Å². The van der Waals surface area contributed by atoms with Gasteiger partial charge < -0.3 is 10.1 Å². The molecule has 0 aromatic heterocycles. The van der Waals surface area contributed by atoms with Crippen molar-refractivity contribution in [3.8, 4) is 5.75 Å². The van der Waals surface area contributed by atoms with Crippen LogP contribution in [0.1, 0.15) is 37.6 Å². The maximum absolute atomic E-state index is 11.5. The fourth-order valence-corrected chi connectivity index (χ4v) is 1.37. The lowest BCUT2D eigenvalue weighted by atomic mass is 10.1. The number of rotatable bonds is 6. The minimum absolute atomic E-state index is 0.0236. The highest BCUT2D eigenvalue weighted by Crippen LogP contribution is 2.13. The van der Waals surface area contributed by atoms with E-state index in [1.54, 1.807) is 24.3 Å². The minimum Gasteiger partial charge on any atom is -0.484 e. The van der Waals surface area contributed by atoms with Gasteiger partial charge in [0.1, 0.15) is 5.75 Å². The summed E-state index contributed by atoms with van der Waals surface area (Å²) in [7, 11) is 0. The van der Waals surface area contributed by atoms with Crippen molar-refractivity contribution in [2.24, 2.45) is 0 Å². The lowest BCUT2D eigenvalue weighted by Gasteiger charge is -2.12. The Labute approximate surface area is 107 Å². The summed E-state index contributed by atoms with van der Waals surface area (Å²) in [5.74, 6) is 0.351. The van der Waals surface area contributed by atoms with Crippen molar-refractivity contribution >= 4 is 11.7 Å². The summed E-state index contributed by atoms with van der Waals surface area (Å²) in [4.78, 5) is 22.7. The number of hydrogen-bond acceptors (Lipinski definition) is 3. The average Bonchev–Trinajstić information content (AvgIpc) is 2.36. The van der Waals surface area contributed by atoms with Gasteiger partial charge in [-0.2, -0.15) is 0 Å². The topological polar surface area (TPSA) is 55.4 Å². The standard InChI is InChI=1S/C14H19NO3/c1-4-10(2)15-14(17)9-18-13-7-5-6-12(8-13)11(3)16/h5-8,10H,4,9H2,1-3H3,(H,15,17). The van der Waals surface area contributed by atoms with Gasteiger partial charge in [-0.3, -0.25) is 9.59 Å². The quantitative estimate of drug-likeness (QED) is 0.786. The molecule has 0 aliphatic carbocycles. The van der Waals surface area contributed by atoms with Crippen LogP contribution in [0.3, 0.4) is 0 Å². The summed E-state index contributed by atoms with van der Waals surface area (Å²) in [6.45, 7) is 5.40. The molecule has 0 spiro atoms. The highest BCUT2D eigenvalue weighted by Gasteiger charge is 2.07. The van der Waals surface area contributed by atoms with Gasteiger partial charge in [-0.25, -0.2) is 0 Å². The second-order valence-corrected chi connectivity index (χ2v) is 4.25. The van der Waals surface area contributed by atoms with Gasteiger partial charge in [0.25, 0.3) is 5.91 Å². The van der Waals surface area contributed by atoms with Crippen LogP contribution in [-0.2, 0) is 4.79 Å². The van der Waals surface area contributed by atoms with E-state index in [1.807, 2.05) is 13.8 Å². The molecule has 0 heterocycles. The van der Waals surface area contributed by atoms with Crippen LogP contribution in [-0.4, -0.2) is 24.3 Å². The van der Waals surface area contributed by atoms with Crippen LogP contribution in [0.25, 0.3) is 0 Å². The van der Waals surface area contributed by atoms with E-state index in [0.717, 1.165) is 6.42 Å². The minimum atomic E-state index is -0.155. The maximum atomic E-state index is 11.5. The molecule has 4 heteroatoms. The Morgan fingerprint density at radius 3 is 2.72 bits per heavy atom. The van der Waals surface area contributed by atoms with Crippen molar-refractivity contribution < 1.29 is 14.3 Å². The van der Waals surface area contributed by atoms with E-state index in [0.29, 0.717) is 11.3 Å². The van der Waals surface area contributed by atoms with E-state index >= 15 is 0 Å². The van der Waals surface area contributed by atoms with Crippen molar-refractivity contribution in [1.82, 2.24) is 5.32 Å². The van der Waals surface area contributed by atoms with Crippen LogP contribution in [0.5, 0.6) is 5.75 Å². The van der Waals surface area contributed by atoms with Crippen LogP contribution >= 0.6 is 0 Å². The van der Waals surface area contributed by atoms with Gasteiger partial charge in [-0.1, -0.05) is 19.1 Å². The molecule has 0 aliphatic heterocycles. The van der Waals surface area contributed by atoms with Crippen LogP contribution in [0, 0.1) is 0 Å². The molecule has 1 unspecified atom stereocenters. The molecular formula is C14H19NO3. The van der Waals surface area contributed by atoms with Crippen LogP contribution in [0.15, 0.2) is 24.3 Å². The smallest absolute Gasteiger partial charge is 0.258 e. The number of carbonyl (C=O) groups is 2. The number of Topliss-reactive ketones (excluding diaryl/α,β-unsaturated/α-hetero) is 1. The third kappa shape index (κ3) is 4.57. The zero-order valence-corrected chi connectivity index (χ0v) is 11.0. The lowest BCUT2D eigenvalue weighted by molar-refractivity contribution is -0.123. The van der Waals surface area contributed by atoms with Crippen LogP contribution in [0.4, 0.5) is 0 Å². The molecule has 1 amide bonds. The van der Waals surface area contributed by atoms with E-state index in [9.17, 15) is 9.59 Å². The van der Waals surface area contributed by atoms with Crippen LogP contribution < -0.4 is 10.1 Å². The van der Waals surface area contributed by atoms with Gasteiger partial charge >= 0.3 is 0 Å². The first-order chi connectivity index (χ1) is 8.52. The molecular weight excluding hydrogens is 230 g/mol. The predicted octanol–water partition coefficient (Wildman–Crippen LogP) is 2.18. The number of amides is 1. The van der Waals surface area contributed by atoms with E-state index in [4.69, 9.17) is 4.74 Å². The molecule has 98 valence electrons. The normalized spacial score (nSPS) is 11.7. The maximum Gasteiger partial charge on any atom is 0.258 e. The van der Waals surface area contributed by atoms with Crippen LogP contribution in [0.2, 0.25) is 0 Å². The highest BCUT2D eigenvalue weighted by molar-refractivity contribution is 5.94. The SMILES string of the molecule is CCC(C)NC(=O)COc1cccc(C(C)=O)c1. The molecule has 1 atom stereocenters. The predicted molar refractivity (Wildman–Crippen MR) is 69.8 cm³/mol. The largest absolute Gasteiger partial charge is 0.484 e. The third-order valence-electron chi connectivity index (χ3n) is 2.63. The molecule has 0 radical (unpaired) electrons. The Morgan fingerprint density at radius 1 is 1.39 bits per heavy atom. The Balaban J connectivity index is 2.50. The van der Waals surface area contributed by atoms with Crippen molar-refractivity contribution in [2.45, 2.75) is 33.2 Å². The molecule has 1 aromatic carbocycles. The van der Waals surface area contributed by atoms with Crippen molar-refractivity contribution in [3.63, 3.8) is 0 Å². The molecule has 0 saturated carbocycles. The van der Waals surface area contributed by atoms with E-state index < -0.39 is 0 Å². The monoisotopic (exact) mass is 249 g/mol. The summed E-state index contributed by atoms with van der Waals surface area (Å²) in [5, 5.41) is 2.81.